The summed E-state index contributed by atoms with van der Waals surface area (Å²) in [4.78, 5) is 0. The first-order valence-electron chi connectivity index (χ1n) is 3.94. The van der Waals surface area contributed by atoms with Gasteiger partial charge in [0.25, 0.3) is 0 Å². The smallest absolute Gasteiger partial charge is 0.0512 e. The van der Waals surface area contributed by atoms with Gasteiger partial charge in [-0.2, -0.15) is 5.10 Å². The van der Waals surface area contributed by atoms with Gasteiger partial charge in [-0.15, -0.1) is 0 Å². The molecule has 0 aromatic carbocycles. The molecular weight excluding hydrogens is 140 g/mol. The van der Waals surface area contributed by atoms with Crippen LogP contribution in [0.1, 0.15) is 19.8 Å². The van der Waals surface area contributed by atoms with Gasteiger partial charge < -0.3 is 5.11 Å². The highest BCUT2D eigenvalue weighted by Gasteiger charge is 1.95. The van der Waals surface area contributed by atoms with E-state index in [2.05, 4.69) is 5.10 Å². The van der Waals surface area contributed by atoms with Gasteiger partial charge >= 0.3 is 0 Å². The van der Waals surface area contributed by atoms with Crippen molar-refractivity contribution in [2.75, 3.05) is 0 Å². The van der Waals surface area contributed by atoms with Crippen molar-refractivity contribution in [3.8, 4) is 0 Å². The topological polar surface area (TPSA) is 38.0 Å². The predicted molar refractivity (Wildman–Crippen MR) is 43.1 cm³/mol. The van der Waals surface area contributed by atoms with E-state index >= 15 is 0 Å². The summed E-state index contributed by atoms with van der Waals surface area (Å²) in [6.07, 6.45) is 5.34. The van der Waals surface area contributed by atoms with Crippen LogP contribution in [0.15, 0.2) is 18.5 Å². The van der Waals surface area contributed by atoms with Gasteiger partial charge in [-0.25, -0.2) is 0 Å². The summed E-state index contributed by atoms with van der Waals surface area (Å²) in [5.74, 6) is 0. The molecule has 0 saturated carbocycles. The van der Waals surface area contributed by atoms with Crippen LogP contribution in [0.3, 0.4) is 0 Å². The van der Waals surface area contributed by atoms with E-state index in [0.29, 0.717) is 0 Å². The van der Waals surface area contributed by atoms with Crippen LogP contribution in [0.4, 0.5) is 0 Å². The fraction of sp³-hybridized carbons (Fsp3) is 0.625. The van der Waals surface area contributed by atoms with Gasteiger partial charge in [0.2, 0.25) is 0 Å². The number of rotatable bonds is 4. The van der Waals surface area contributed by atoms with Crippen molar-refractivity contribution in [3.63, 3.8) is 0 Å². The number of aliphatic hydroxyl groups excluding tert-OH is 1. The first-order valence-corrected chi connectivity index (χ1v) is 3.94. The second-order valence-corrected chi connectivity index (χ2v) is 2.76. The quantitative estimate of drug-likeness (QED) is 0.703. The number of aliphatic hydroxyl groups is 1. The predicted octanol–water partition coefficient (Wildman–Crippen LogP) is 1.04. The van der Waals surface area contributed by atoms with Crippen LogP contribution in [0.25, 0.3) is 0 Å². The molecule has 0 spiro atoms. The van der Waals surface area contributed by atoms with Crippen LogP contribution in [0.2, 0.25) is 0 Å². The van der Waals surface area contributed by atoms with E-state index in [1.807, 2.05) is 23.9 Å². The van der Waals surface area contributed by atoms with Crippen LogP contribution in [0.5, 0.6) is 0 Å². The lowest BCUT2D eigenvalue weighted by Crippen LogP contribution is -2.04. The maximum atomic E-state index is 8.95. The van der Waals surface area contributed by atoms with E-state index in [0.717, 1.165) is 19.4 Å². The molecule has 62 valence electrons. The average Bonchev–Trinajstić information content (AvgIpc) is 2.39. The molecule has 1 atom stereocenters. The van der Waals surface area contributed by atoms with E-state index in [-0.39, 0.29) is 6.10 Å². The molecule has 0 unspecified atom stereocenters. The Kier molecular flexibility index (Phi) is 3.11. The van der Waals surface area contributed by atoms with Gasteiger partial charge in [-0.3, -0.25) is 4.68 Å². The summed E-state index contributed by atoms with van der Waals surface area (Å²) in [6, 6.07) is 1.91. The third kappa shape index (κ3) is 3.18. The van der Waals surface area contributed by atoms with Gasteiger partial charge in [0.15, 0.2) is 0 Å². The monoisotopic (exact) mass is 154 g/mol. The van der Waals surface area contributed by atoms with Crippen molar-refractivity contribution in [2.24, 2.45) is 0 Å². The first-order chi connectivity index (χ1) is 5.29. The van der Waals surface area contributed by atoms with Crippen molar-refractivity contribution >= 4 is 0 Å². The molecule has 3 heteroatoms. The maximum absolute atomic E-state index is 8.95. The molecule has 1 heterocycles. The Balaban J connectivity index is 2.14. The minimum Gasteiger partial charge on any atom is -0.393 e. The van der Waals surface area contributed by atoms with Crippen molar-refractivity contribution in [1.82, 2.24) is 9.78 Å². The van der Waals surface area contributed by atoms with Gasteiger partial charge in [-0.05, 0) is 25.8 Å². The summed E-state index contributed by atoms with van der Waals surface area (Å²) in [5.41, 5.74) is 0. The molecule has 0 radical (unpaired) electrons. The Labute approximate surface area is 66.7 Å². The molecule has 3 nitrogen and oxygen atoms in total. The van der Waals surface area contributed by atoms with Crippen LogP contribution in [-0.2, 0) is 6.54 Å². The SMILES string of the molecule is C[C@H](O)CCCn1cccn1. The molecule has 0 amide bonds. The number of hydrogen-bond acceptors (Lipinski definition) is 2. The second-order valence-electron chi connectivity index (χ2n) is 2.76. The van der Waals surface area contributed by atoms with Crippen LogP contribution in [-0.4, -0.2) is 21.0 Å². The second kappa shape index (κ2) is 4.13. The van der Waals surface area contributed by atoms with Gasteiger partial charge in [0.05, 0.1) is 6.10 Å². The van der Waals surface area contributed by atoms with E-state index in [1.165, 1.54) is 0 Å². The summed E-state index contributed by atoms with van der Waals surface area (Å²) in [6.45, 7) is 2.71. The van der Waals surface area contributed by atoms with Gasteiger partial charge in [0.1, 0.15) is 0 Å². The summed E-state index contributed by atoms with van der Waals surface area (Å²) < 4.78 is 1.88. The Morgan fingerprint density at radius 3 is 3.00 bits per heavy atom. The summed E-state index contributed by atoms with van der Waals surface area (Å²) >= 11 is 0. The van der Waals surface area contributed by atoms with E-state index in [9.17, 15) is 0 Å². The van der Waals surface area contributed by atoms with Crippen LogP contribution in [0, 0.1) is 0 Å². The van der Waals surface area contributed by atoms with Crippen molar-refractivity contribution < 1.29 is 5.11 Å². The lowest BCUT2D eigenvalue weighted by molar-refractivity contribution is 0.179. The summed E-state index contributed by atoms with van der Waals surface area (Å²) in [7, 11) is 0. The Hall–Kier alpha value is -0.830. The molecular formula is C8H14N2O. The molecule has 11 heavy (non-hydrogen) atoms. The van der Waals surface area contributed by atoms with Crippen LogP contribution >= 0.6 is 0 Å². The number of nitrogens with zero attached hydrogens (tertiary/aromatic N) is 2. The van der Waals surface area contributed by atoms with E-state index in [1.54, 1.807) is 6.20 Å². The molecule has 0 saturated heterocycles. The Morgan fingerprint density at radius 1 is 1.64 bits per heavy atom. The Bertz CT molecular complexity index is 182. The highest BCUT2D eigenvalue weighted by Crippen LogP contribution is 1.97. The largest absolute Gasteiger partial charge is 0.393 e. The molecule has 1 aromatic heterocycles. The number of hydrogen-bond donors (Lipinski definition) is 1. The van der Waals surface area contributed by atoms with E-state index in [4.69, 9.17) is 5.11 Å². The fourth-order valence-corrected chi connectivity index (χ4v) is 0.981. The summed E-state index contributed by atoms with van der Waals surface area (Å²) in [5, 5.41) is 13.0. The molecule has 0 bridgehead atoms. The zero-order valence-electron chi connectivity index (χ0n) is 6.77. The lowest BCUT2D eigenvalue weighted by atomic mass is 10.2. The fourth-order valence-electron chi connectivity index (χ4n) is 0.981. The number of aromatic nitrogens is 2. The molecule has 0 aliphatic rings. The molecule has 1 aromatic rings. The molecule has 1 N–H and O–H groups in total. The van der Waals surface area contributed by atoms with Crippen molar-refractivity contribution in [2.45, 2.75) is 32.4 Å². The lowest BCUT2D eigenvalue weighted by Gasteiger charge is -2.03. The normalized spacial score (nSPS) is 13.3. The third-order valence-corrected chi connectivity index (χ3v) is 1.57. The minimum absolute atomic E-state index is 0.189. The average molecular weight is 154 g/mol. The molecule has 0 aliphatic heterocycles. The van der Waals surface area contributed by atoms with E-state index < -0.39 is 0 Å². The van der Waals surface area contributed by atoms with Gasteiger partial charge in [-0.1, -0.05) is 0 Å². The highest BCUT2D eigenvalue weighted by atomic mass is 16.3. The highest BCUT2D eigenvalue weighted by molar-refractivity contribution is 4.77. The Morgan fingerprint density at radius 2 is 2.45 bits per heavy atom. The zero-order valence-corrected chi connectivity index (χ0v) is 6.77. The maximum Gasteiger partial charge on any atom is 0.0512 e. The third-order valence-electron chi connectivity index (χ3n) is 1.57. The molecule has 0 fully saturated rings. The van der Waals surface area contributed by atoms with Crippen molar-refractivity contribution in [3.05, 3.63) is 18.5 Å². The molecule has 0 aliphatic carbocycles. The zero-order chi connectivity index (χ0) is 8.10. The number of aryl methyl sites for hydroxylation is 1. The first kappa shape index (κ1) is 8.27. The standard InChI is InChI=1S/C8H14N2O/c1-8(11)4-2-6-10-7-3-5-9-10/h3,5,7-8,11H,2,4,6H2,1H3/t8-/m0/s1. The minimum atomic E-state index is -0.189. The van der Waals surface area contributed by atoms with Crippen molar-refractivity contribution in [1.29, 1.82) is 0 Å². The molecule has 1 rings (SSSR count). The van der Waals surface area contributed by atoms with Crippen LogP contribution < -0.4 is 0 Å². The van der Waals surface area contributed by atoms with Gasteiger partial charge in [0, 0.05) is 18.9 Å².